The topological polar surface area (TPSA) is 75.4 Å². The third-order valence-electron chi connectivity index (χ3n) is 4.71. The van der Waals surface area contributed by atoms with Gasteiger partial charge in [0, 0.05) is 10.9 Å². The molecule has 1 saturated heterocycles. The number of furan rings is 1. The molecule has 1 atom stereocenters. The van der Waals surface area contributed by atoms with Gasteiger partial charge in [0.1, 0.15) is 17.1 Å². The molecule has 0 aliphatic carbocycles. The Kier molecular flexibility index (Phi) is 4.92. The van der Waals surface area contributed by atoms with E-state index in [1.807, 2.05) is 18.4 Å². The van der Waals surface area contributed by atoms with Crippen molar-refractivity contribution in [3.8, 4) is 0 Å². The third-order valence-corrected chi connectivity index (χ3v) is 5.67. The minimum absolute atomic E-state index is 0.189. The summed E-state index contributed by atoms with van der Waals surface area (Å²) >= 11 is 1.58. The minimum Gasteiger partial charge on any atom is -0.466 e. The molecule has 1 fully saturated rings. The number of thiazole rings is 1. The SMILES string of the molecule is Cc1cc(C2(C)NC(=O)N(Cc3csc(CCC(C)C)n3)C2=O)c(C)o1. The van der Waals surface area contributed by atoms with E-state index in [-0.39, 0.29) is 12.5 Å². The molecule has 26 heavy (non-hydrogen) atoms. The van der Waals surface area contributed by atoms with Crippen LogP contribution in [-0.2, 0) is 23.3 Å². The molecule has 1 N–H and O–H groups in total. The maximum atomic E-state index is 13.0. The molecule has 3 amide bonds. The van der Waals surface area contributed by atoms with E-state index >= 15 is 0 Å². The van der Waals surface area contributed by atoms with Crippen molar-refractivity contribution in [2.24, 2.45) is 5.92 Å². The maximum absolute atomic E-state index is 13.0. The van der Waals surface area contributed by atoms with E-state index < -0.39 is 11.6 Å². The van der Waals surface area contributed by atoms with E-state index in [1.54, 1.807) is 25.2 Å². The molecule has 6 nitrogen and oxygen atoms in total. The number of carbonyl (C=O) groups is 2. The van der Waals surface area contributed by atoms with Gasteiger partial charge >= 0.3 is 6.03 Å². The number of urea groups is 1. The molecule has 0 saturated carbocycles. The molecule has 0 aromatic carbocycles. The number of aryl methyl sites for hydroxylation is 3. The van der Waals surface area contributed by atoms with Gasteiger partial charge in [0.2, 0.25) is 0 Å². The molecule has 7 heteroatoms. The van der Waals surface area contributed by atoms with Crippen LogP contribution < -0.4 is 5.32 Å². The summed E-state index contributed by atoms with van der Waals surface area (Å²) in [4.78, 5) is 31.3. The van der Waals surface area contributed by atoms with Crippen LogP contribution in [-0.4, -0.2) is 21.8 Å². The summed E-state index contributed by atoms with van der Waals surface area (Å²) in [5.41, 5.74) is 0.350. The van der Waals surface area contributed by atoms with Crippen molar-refractivity contribution >= 4 is 23.3 Å². The van der Waals surface area contributed by atoms with Crippen molar-refractivity contribution in [3.63, 3.8) is 0 Å². The average molecular weight is 375 g/mol. The molecule has 1 unspecified atom stereocenters. The highest BCUT2D eigenvalue weighted by molar-refractivity contribution is 7.09. The van der Waals surface area contributed by atoms with Crippen LogP contribution in [0.2, 0.25) is 0 Å². The van der Waals surface area contributed by atoms with E-state index in [2.05, 4.69) is 24.1 Å². The Bertz CT molecular complexity index is 839. The monoisotopic (exact) mass is 375 g/mol. The molecule has 0 radical (unpaired) electrons. The zero-order valence-electron chi connectivity index (χ0n) is 15.9. The van der Waals surface area contributed by atoms with Crippen LogP contribution in [0.15, 0.2) is 15.9 Å². The van der Waals surface area contributed by atoms with Crippen LogP contribution in [0, 0.1) is 19.8 Å². The van der Waals surface area contributed by atoms with Crippen LogP contribution in [0.1, 0.15) is 55.0 Å². The van der Waals surface area contributed by atoms with Crippen LogP contribution in [0.3, 0.4) is 0 Å². The summed E-state index contributed by atoms with van der Waals surface area (Å²) in [7, 11) is 0. The first-order valence-corrected chi connectivity index (χ1v) is 9.73. The highest BCUT2D eigenvalue weighted by Crippen LogP contribution is 2.33. The maximum Gasteiger partial charge on any atom is 0.325 e. The lowest BCUT2D eigenvalue weighted by Gasteiger charge is -2.21. The molecular formula is C19H25N3O3S. The summed E-state index contributed by atoms with van der Waals surface area (Å²) in [6.45, 7) is 9.90. The summed E-state index contributed by atoms with van der Waals surface area (Å²) in [5, 5.41) is 5.80. The predicted octanol–water partition coefficient (Wildman–Crippen LogP) is 3.91. The van der Waals surface area contributed by atoms with Gasteiger partial charge in [-0.3, -0.25) is 9.69 Å². The molecule has 140 valence electrons. The molecule has 3 heterocycles. The molecule has 0 bridgehead atoms. The van der Waals surface area contributed by atoms with E-state index in [9.17, 15) is 9.59 Å². The molecule has 1 aliphatic rings. The van der Waals surface area contributed by atoms with Crippen LogP contribution >= 0.6 is 11.3 Å². The first kappa shape index (κ1) is 18.6. The summed E-state index contributed by atoms with van der Waals surface area (Å²) in [6.07, 6.45) is 2.00. The zero-order valence-corrected chi connectivity index (χ0v) is 16.7. The third kappa shape index (κ3) is 3.40. The molecular weight excluding hydrogens is 350 g/mol. The Hall–Kier alpha value is -2.15. The Morgan fingerprint density at radius 1 is 1.35 bits per heavy atom. The van der Waals surface area contributed by atoms with E-state index in [0.29, 0.717) is 23.0 Å². The second kappa shape index (κ2) is 6.87. The molecule has 3 rings (SSSR count). The van der Waals surface area contributed by atoms with Gasteiger partial charge in [0.15, 0.2) is 0 Å². The predicted molar refractivity (Wildman–Crippen MR) is 99.9 cm³/mol. The van der Waals surface area contributed by atoms with Gasteiger partial charge in [-0.05, 0) is 45.6 Å². The summed E-state index contributed by atoms with van der Waals surface area (Å²) in [5.74, 6) is 1.71. The van der Waals surface area contributed by atoms with Gasteiger partial charge in [-0.25, -0.2) is 9.78 Å². The number of nitrogens with zero attached hydrogens (tertiary/aromatic N) is 2. The number of nitrogens with one attached hydrogen (secondary N) is 1. The molecule has 2 aromatic heterocycles. The number of rotatable bonds is 6. The Balaban J connectivity index is 1.76. The quantitative estimate of drug-likeness (QED) is 0.777. The number of hydrogen-bond acceptors (Lipinski definition) is 5. The molecule has 1 aliphatic heterocycles. The van der Waals surface area contributed by atoms with Gasteiger partial charge < -0.3 is 9.73 Å². The average Bonchev–Trinajstić information content (AvgIpc) is 3.20. The lowest BCUT2D eigenvalue weighted by atomic mass is 9.92. The van der Waals surface area contributed by atoms with E-state index in [0.717, 1.165) is 23.5 Å². The van der Waals surface area contributed by atoms with Crippen molar-refractivity contribution in [1.82, 2.24) is 15.2 Å². The van der Waals surface area contributed by atoms with Crippen molar-refractivity contribution in [1.29, 1.82) is 0 Å². The Morgan fingerprint density at radius 3 is 2.69 bits per heavy atom. The normalized spacial score (nSPS) is 20.3. The van der Waals surface area contributed by atoms with Gasteiger partial charge in [-0.1, -0.05) is 13.8 Å². The van der Waals surface area contributed by atoms with Crippen LogP contribution in [0.5, 0.6) is 0 Å². The highest BCUT2D eigenvalue weighted by atomic mass is 32.1. The van der Waals surface area contributed by atoms with Gasteiger partial charge in [-0.15, -0.1) is 11.3 Å². The van der Waals surface area contributed by atoms with Gasteiger partial charge in [-0.2, -0.15) is 0 Å². The number of carbonyl (C=O) groups excluding carboxylic acids is 2. The second-order valence-corrected chi connectivity index (χ2v) is 8.38. The first-order chi connectivity index (χ1) is 12.2. The van der Waals surface area contributed by atoms with Crippen molar-refractivity contribution < 1.29 is 14.0 Å². The smallest absolute Gasteiger partial charge is 0.325 e. The lowest BCUT2D eigenvalue weighted by Crippen LogP contribution is -2.41. The Labute approximate surface area is 157 Å². The lowest BCUT2D eigenvalue weighted by molar-refractivity contribution is -0.131. The summed E-state index contributed by atoms with van der Waals surface area (Å²) < 4.78 is 5.55. The first-order valence-electron chi connectivity index (χ1n) is 8.85. The van der Waals surface area contributed by atoms with Crippen molar-refractivity contribution in [2.75, 3.05) is 0 Å². The molecule has 0 spiro atoms. The zero-order chi connectivity index (χ0) is 19.1. The number of imide groups is 1. The fourth-order valence-corrected chi connectivity index (χ4v) is 4.07. The van der Waals surface area contributed by atoms with E-state index in [4.69, 9.17) is 4.42 Å². The number of aromatic nitrogens is 1. The van der Waals surface area contributed by atoms with Crippen LogP contribution in [0.25, 0.3) is 0 Å². The van der Waals surface area contributed by atoms with Crippen molar-refractivity contribution in [2.45, 2.75) is 59.5 Å². The molecule has 2 aromatic rings. The fraction of sp³-hybridized carbons (Fsp3) is 0.526. The second-order valence-electron chi connectivity index (χ2n) is 7.44. The number of hydrogen-bond donors (Lipinski definition) is 1. The van der Waals surface area contributed by atoms with Gasteiger partial charge in [0.05, 0.1) is 17.2 Å². The van der Waals surface area contributed by atoms with Crippen molar-refractivity contribution in [3.05, 3.63) is 39.2 Å². The van der Waals surface area contributed by atoms with E-state index in [1.165, 1.54) is 4.90 Å². The largest absolute Gasteiger partial charge is 0.466 e. The van der Waals surface area contributed by atoms with Crippen LogP contribution in [0.4, 0.5) is 4.79 Å². The standard InChI is InChI=1S/C19H25N3O3S/c1-11(2)6-7-16-20-14(10-26-16)9-22-17(23)19(5,21-18(22)24)15-8-12(3)25-13(15)4/h8,10-11H,6-7,9H2,1-5H3,(H,21,24). The fourth-order valence-electron chi connectivity index (χ4n) is 3.26. The summed E-state index contributed by atoms with van der Waals surface area (Å²) in [6, 6.07) is 1.41. The van der Waals surface area contributed by atoms with Gasteiger partial charge in [0.25, 0.3) is 5.91 Å². The highest BCUT2D eigenvalue weighted by Gasteiger charge is 2.50. The number of amides is 3. The Morgan fingerprint density at radius 2 is 2.08 bits per heavy atom. The minimum atomic E-state index is -1.10.